The lowest BCUT2D eigenvalue weighted by atomic mass is 10.0. The topological polar surface area (TPSA) is 62.3 Å². The van der Waals surface area contributed by atoms with E-state index in [1.807, 2.05) is 72.8 Å². The molecule has 0 saturated heterocycles. The third-order valence-corrected chi connectivity index (χ3v) is 5.92. The molecule has 1 N–H and O–H groups in total. The maximum atomic E-state index is 13.7. The fourth-order valence-corrected chi connectivity index (χ4v) is 4.02. The van der Waals surface area contributed by atoms with E-state index in [0.717, 1.165) is 22.3 Å². The predicted molar refractivity (Wildman–Crippen MR) is 137 cm³/mol. The first kappa shape index (κ1) is 24.8. The number of carbonyl (C=O) groups is 2. The van der Waals surface area contributed by atoms with Crippen LogP contribution in [0.1, 0.15) is 22.3 Å². The van der Waals surface area contributed by atoms with Gasteiger partial charge in [0.05, 0.1) is 6.42 Å². The molecule has 0 spiro atoms. The van der Waals surface area contributed by atoms with Gasteiger partial charge < -0.3 is 10.2 Å². The van der Waals surface area contributed by atoms with Gasteiger partial charge >= 0.3 is 0 Å². The number of hydrogen-bond donors (Lipinski definition) is 1. The van der Waals surface area contributed by atoms with Crippen LogP contribution in [0.3, 0.4) is 0 Å². The monoisotopic (exact) mass is 481 g/mol. The van der Waals surface area contributed by atoms with Crippen molar-refractivity contribution in [2.24, 2.45) is 0 Å². The van der Waals surface area contributed by atoms with Crippen LogP contribution in [0.4, 0.5) is 4.39 Å². The molecule has 0 radical (unpaired) electrons. The van der Waals surface area contributed by atoms with Gasteiger partial charge in [-0.1, -0.05) is 78.9 Å². The molecule has 5 nitrogen and oxygen atoms in total. The van der Waals surface area contributed by atoms with Gasteiger partial charge in [-0.2, -0.15) is 0 Å². The smallest absolute Gasteiger partial charge is 0.243 e. The summed E-state index contributed by atoms with van der Waals surface area (Å²) in [5.41, 5.74) is 3.41. The van der Waals surface area contributed by atoms with Crippen molar-refractivity contribution in [3.8, 4) is 0 Å². The molecular weight excluding hydrogens is 453 g/mol. The molecule has 3 aromatic carbocycles. The van der Waals surface area contributed by atoms with Gasteiger partial charge in [-0.05, 0) is 40.5 Å². The number of nitrogens with one attached hydrogen (secondary N) is 1. The number of halogens is 1. The first-order chi connectivity index (χ1) is 17.6. The Bertz CT molecular complexity index is 1250. The molecule has 1 aromatic heterocycles. The van der Waals surface area contributed by atoms with E-state index in [4.69, 9.17) is 0 Å². The normalized spacial score (nSPS) is 11.5. The van der Waals surface area contributed by atoms with Crippen LogP contribution in [0.25, 0.3) is 0 Å². The van der Waals surface area contributed by atoms with Crippen LogP contribution in [0.15, 0.2) is 109 Å². The Morgan fingerprint density at radius 2 is 1.42 bits per heavy atom. The molecule has 0 unspecified atom stereocenters. The van der Waals surface area contributed by atoms with E-state index in [-0.39, 0.29) is 30.6 Å². The number of rotatable bonds is 10. The predicted octanol–water partition coefficient (Wildman–Crippen LogP) is 4.72. The summed E-state index contributed by atoms with van der Waals surface area (Å²) in [5, 5.41) is 2.98. The number of carbonyl (C=O) groups excluding carboxylic acids is 2. The molecule has 4 aromatic rings. The average Bonchev–Trinajstić information content (AvgIpc) is 2.92. The maximum absolute atomic E-state index is 13.7. The third-order valence-electron chi connectivity index (χ3n) is 5.92. The zero-order valence-electron chi connectivity index (χ0n) is 19.9. The zero-order valence-corrected chi connectivity index (χ0v) is 19.9. The Morgan fingerprint density at radius 1 is 0.778 bits per heavy atom. The van der Waals surface area contributed by atoms with E-state index in [1.54, 1.807) is 29.4 Å². The summed E-state index contributed by atoms with van der Waals surface area (Å²) in [6.07, 6.45) is 3.88. The molecule has 2 amide bonds. The van der Waals surface area contributed by atoms with Crippen molar-refractivity contribution >= 4 is 11.8 Å². The molecule has 1 atom stereocenters. The highest BCUT2D eigenvalue weighted by molar-refractivity contribution is 5.88. The van der Waals surface area contributed by atoms with Crippen molar-refractivity contribution in [2.45, 2.75) is 32.0 Å². The summed E-state index contributed by atoms with van der Waals surface area (Å²) >= 11 is 0. The van der Waals surface area contributed by atoms with E-state index in [2.05, 4.69) is 10.3 Å². The molecule has 0 aliphatic carbocycles. The molecule has 0 fully saturated rings. The van der Waals surface area contributed by atoms with Gasteiger partial charge in [0, 0.05) is 31.9 Å². The second-order valence-corrected chi connectivity index (χ2v) is 8.60. The number of aromatic nitrogens is 1. The quantitative estimate of drug-likeness (QED) is 0.357. The van der Waals surface area contributed by atoms with Crippen LogP contribution in [0.5, 0.6) is 0 Å². The van der Waals surface area contributed by atoms with Gasteiger partial charge in [-0.15, -0.1) is 0 Å². The Labute approximate surface area is 210 Å². The maximum Gasteiger partial charge on any atom is 0.243 e. The highest BCUT2D eigenvalue weighted by Crippen LogP contribution is 2.17. The number of hydrogen-bond acceptors (Lipinski definition) is 3. The van der Waals surface area contributed by atoms with E-state index in [1.165, 1.54) is 12.1 Å². The zero-order chi connectivity index (χ0) is 25.2. The average molecular weight is 482 g/mol. The standard InChI is InChI=1S/C30H28FN3O2/c31-27-15-13-25(14-16-27)22-34(29(35)19-24-10-5-2-6-11-24)28(18-23-8-3-1-4-9-23)30(36)33-21-26-12-7-17-32-20-26/h1-17,20,28H,18-19,21-22H2,(H,33,36)/t28-/m0/s1. The minimum atomic E-state index is -0.759. The Hall–Kier alpha value is -4.32. The molecule has 4 rings (SSSR count). The first-order valence-corrected chi connectivity index (χ1v) is 11.9. The van der Waals surface area contributed by atoms with Crippen LogP contribution in [-0.2, 0) is 35.5 Å². The van der Waals surface area contributed by atoms with E-state index < -0.39 is 6.04 Å². The van der Waals surface area contributed by atoms with Gasteiger partial charge in [0.2, 0.25) is 11.8 Å². The van der Waals surface area contributed by atoms with E-state index in [9.17, 15) is 14.0 Å². The summed E-state index contributed by atoms with van der Waals surface area (Å²) < 4.78 is 13.6. The van der Waals surface area contributed by atoms with Gasteiger partial charge in [-0.25, -0.2) is 4.39 Å². The van der Waals surface area contributed by atoms with Gasteiger partial charge in [0.15, 0.2) is 0 Å². The van der Waals surface area contributed by atoms with Gasteiger partial charge in [0.25, 0.3) is 0 Å². The SMILES string of the molecule is O=C(NCc1cccnc1)[C@H](Cc1ccccc1)N(Cc1ccc(F)cc1)C(=O)Cc1ccccc1. The van der Waals surface area contributed by atoms with Crippen molar-refractivity contribution in [2.75, 3.05) is 0 Å². The molecule has 6 heteroatoms. The van der Waals surface area contributed by atoms with Crippen molar-refractivity contribution < 1.29 is 14.0 Å². The third kappa shape index (κ3) is 7.09. The first-order valence-electron chi connectivity index (χ1n) is 11.9. The summed E-state index contributed by atoms with van der Waals surface area (Å²) in [6.45, 7) is 0.485. The van der Waals surface area contributed by atoms with Crippen LogP contribution in [0, 0.1) is 5.82 Å². The van der Waals surface area contributed by atoms with Crippen molar-refractivity contribution in [1.82, 2.24) is 15.2 Å². The van der Waals surface area contributed by atoms with Crippen molar-refractivity contribution in [3.63, 3.8) is 0 Å². The van der Waals surface area contributed by atoms with E-state index in [0.29, 0.717) is 13.0 Å². The molecule has 36 heavy (non-hydrogen) atoms. The minimum absolute atomic E-state index is 0.156. The Balaban J connectivity index is 1.63. The fourth-order valence-electron chi connectivity index (χ4n) is 4.02. The fraction of sp³-hybridized carbons (Fsp3) is 0.167. The summed E-state index contributed by atoms with van der Waals surface area (Å²) in [5.74, 6) is -0.787. The van der Waals surface area contributed by atoms with E-state index >= 15 is 0 Å². The van der Waals surface area contributed by atoms with Crippen molar-refractivity contribution in [3.05, 3.63) is 138 Å². The Morgan fingerprint density at radius 3 is 2.06 bits per heavy atom. The summed E-state index contributed by atoms with van der Waals surface area (Å²) in [4.78, 5) is 32.9. The molecule has 0 saturated carbocycles. The van der Waals surface area contributed by atoms with Gasteiger partial charge in [0.1, 0.15) is 11.9 Å². The number of nitrogens with zero attached hydrogens (tertiary/aromatic N) is 2. The van der Waals surface area contributed by atoms with Crippen LogP contribution in [0.2, 0.25) is 0 Å². The lowest BCUT2D eigenvalue weighted by Crippen LogP contribution is -2.50. The summed E-state index contributed by atoms with van der Waals surface area (Å²) in [6, 6.07) is 28.0. The molecule has 0 aliphatic heterocycles. The van der Waals surface area contributed by atoms with Gasteiger partial charge in [-0.3, -0.25) is 14.6 Å². The Kier molecular flexibility index (Phi) is 8.54. The molecule has 0 bridgehead atoms. The summed E-state index contributed by atoms with van der Waals surface area (Å²) in [7, 11) is 0. The van der Waals surface area contributed by atoms with Crippen LogP contribution < -0.4 is 5.32 Å². The highest BCUT2D eigenvalue weighted by atomic mass is 19.1. The minimum Gasteiger partial charge on any atom is -0.350 e. The number of pyridine rings is 1. The largest absolute Gasteiger partial charge is 0.350 e. The van der Waals surface area contributed by atoms with Crippen molar-refractivity contribution in [1.29, 1.82) is 0 Å². The second kappa shape index (κ2) is 12.4. The van der Waals surface area contributed by atoms with Crippen LogP contribution in [-0.4, -0.2) is 27.7 Å². The number of benzene rings is 3. The lowest BCUT2D eigenvalue weighted by Gasteiger charge is -2.31. The second-order valence-electron chi connectivity index (χ2n) is 8.60. The lowest BCUT2D eigenvalue weighted by molar-refractivity contribution is -0.140. The molecule has 1 heterocycles. The molecule has 182 valence electrons. The molecular formula is C30H28FN3O2. The highest BCUT2D eigenvalue weighted by Gasteiger charge is 2.30. The van der Waals surface area contributed by atoms with Crippen LogP contribution >= 0.6 is 0 Å². The number of amides is 2. The molecule has 0 aliphatic rings.